The largest absolute Gasteiger partial charge is 0.305 e. The van der Waals surface area contributed by atoms with E-state index < -0.39 is 17.9 Å². The van der Waals surface area contributed by atoms with Gasteiger partial charge in [0.15, 0.2) is 0 Å². The molecule has 26 heavy (non-hydrogen) atoms. The summed E-state index contributed by atoms with van der Waals surface area (Å²) in [7, 11) is 0. The first kappa shape index (κ1) is 17.3. The number of piperidine rings is 1. The highest BCUT2D eigenvalue weighted by Crippen LogP contribution is 2.52. The number of rotatable bonds is 3. The number of carbonyl (C=O) groups is 2. The van der Waals surface area contributed by atoms with Crippen molar-refractivity contribution in [1.82, 2.24) is 15.4 Å². The number of hydroxylamine groups is 1. The lowest BCUT2D eigenvalue weighted by Gasteiger charge is -2.35. The molecule has 0 radical (unpaired) electrons. The molecule has 1 saturated heterocycles. The summed E-state index contributed by atoms with van der Waals surface area (Å²) in [6.07, 6.45) is 6.16. The lowest BCUT2D eigenvalue weighted by atomic mass is 9.81. The predicted octanol–water partition coefficient (Wildman–Crippen LogP) is 2.71. The Balaban J connectivity index is 1.57. The molecule has 0 unspecified atom stereocenters. The van der Waals surface area contributed by atoms with Gasteiger partial charge in [0.2, 0.25) is 11.8 Å². The third-order valence-electron chi connectivity index (χ3n) is 5.53. The van der Waals surface area contributed by atoms with Gasteiger partial charge in [0, 0.05) is 24.0 Å². The first-order chi connectivity index (χ1) is 12.5. The Hall–Kier alpha value is -2.15. The van der Waals surface area contributed by atoms with Gasteiger partial charge in [-0.2, -0.15) is 0 Å². The number of carbonyl (C=O) groups excluding carboxylic acids is 2. The summed E-state index contributed by atoms with van der Waals surface area (Å²) >= 11 is 6.04. The first-order valence-corrected chi connectivity index (χ1v) is 9.05. The van der Waals surface area contributed by atoms with Crippen LogP contribution in [0.2, 0.25) is 5.02 Å². The number of hydrogen-bond acceptors (Lipinski definition) is 4. The van der Waals surface area contributed by atoms with Gasteiger partial charge in [0.1, 0.15) is 0 Å². The molecule has 2 atom stereocenters. The van der Waals surface area contributed by atoms with Crippen LogP contribution in [0.5, 0.6) is 0 Å². The summed E-state index contributed by atoms with van der Waals surface area (Å²) in [6, 6.07) is 8.60. The number of nitrogens with zero attached hydrogens (tertiary/aromatic N) is 1. The standard InChI is InChI=1S/C19H20ClN3O3/c20-14-3-1-2-12(8-14)13-4-7-23(10-13)18(25)16-15(17(24)22-26)9-19(5-6-19)11-21-16/h1-4,7-8,10,15-16,21,26H,5-6,9,11H2,(H,22,24)/t15-,16-/m0/s1. The van der Waals surface area contributed by atoms with Crippen LogP contribution in [0.1, 0.15) is 24.1 Å². The van der Waals surface area contributed by atoms with E-state index in [0.29, 0.717) is 11.4 Å². The molecule has 3 N–H and O–H groups in total. The second-order valence-corrected chi connectivity index (χ2v) is 7.74. The Morgan fingerprint density at radius 3 is 2.77 bits per heavy atom. The van der Waals surface area contributed by atoms with E-state index >= 15 is 0 Å². The molecule has 7 heteroatoms. The van der Waals surface area contributed by atoms with Crippen molar-refractivity contribution in [3.8, 4) is 11.1 Å². The Labute approximate surface area is 156 Å². The first-order valence-electron chi connectivity index (χ1n) is 8.67. The Morgan fingerprint density at radius 2 is 2.08 bits per heavy atom. The van der Waals surface area contributed by atoms with Crippen LogP contribution in [0.4, 0.5) is 0 Å². The van der Waals surface area contributed by atoms with E-state index in [4.69, 9.17) is 16.8 Å². The van der Waals surface area contributed by atoms with Gasteiger partial charge in [-0.25, -0.2) is 5.48 Å². The summed E-state index contributed by atoms with van der Waals surface area (Å²) in [5.41, 5.74) is 3.62. The molecule has 1 aromatic heterocycles. The summed E-state index contributed by atoms with van der Waals surface area (Å²) < 4.78 is 1.50. The van der Waals surface area contributed by atoms with Gasteiger partial charge in [0.05, 0.1) is 12.0 Å². The van der Waals surface area contributed by atoms with Crippen LogP contribution in [-0.2, 0) is 4.79 Å². The fraction of sp³-hybridized carbons (Fsp3) is 0.368. The minimum absolute atomic E-state index is 0.108. The number of aromatic nitrogens is 1. The van der Waals surface area contributed by atoms with Crippen LogP contribution in [-0.4, -0.2) is 34.2 Å². The zero-order valence-electron chi connectivity index (χ0n) is 14.1. The van der Waals surface area contributed by atoms with Gasteiger partial charge in [-0.05, 0) is 54.0 Å². The van der Waals surface area contributed by atoms with Gasteiger partial charge in [-0.3, -0.25) is 19.4 Å². The van der Waals surface area contributed by atoms with E-state index in [0.717, 1.165) is 30.5 Å². The fourth-order valence-electron chi connectivity index (χ4n) is 3.80. The predicted molar refractivity (Wildman–Crippen MR) is 97.0 cm³/mol. The number of amides is 1. The molecule has 1 saturated carbocycles. The molecular weight excluding hydrogens is 354 g/mol. The van der Waals surface area contributed by atoms with Crippen LogP contribution < -0.4 is 10.8 Å². The SMILES string of the molecule is O=C(NO)[C@H]1CC2(CC2)CN[C@@H]1C(=O)n1ccc(-c2cccc(Cl)c2)c1. The quantitative estimate of drug-likeness (QED) is 0.570. The Morgan fingerprint density at radius 1 is 1.27 bits per heavy atom. The molecular formula is C19H20ClN3O3. The summed E-state index contributed by atoms with van der Waals surface area (Å²) in [5.74, 6) is -1.30. The summed E-state index contributed by atoms with van der Waals surface area (Å²) in [4.78, 5) is 25.1. The second-order valence-electron chi connectivity index (χ2n) is 7.30. The third kappa shape index (κ3) is 3.16. The topological polar surface area (TPSA) is 83.4 Å². The van der Waals surface area contributed by atoms with Crippen molar-refractivity contribution in [2.75, 3.05) is 6.54 Å². The van der Waals surface area contributed by atoms with Crippen molar-refractivity contribution in [3.05, 3.63) is 47.7 Å². The number of hydrogen-bond donors (Lipinski definition) is 3. The molecule has 4 rings (SSSR count). The van der Waals surface area contributed by atoms with E-state index in [-0.39, 0.29) is 11.3 Å². The molecule has 2 aromatic rings. The maximum atomic E-state index is 13.0. The van der Waals surface area contributed by atoms with Gasteiger partial charge in [0.25, 0.3) is 0 Å². The molecule has 1 aliphatic heterocycles. The minimum atomic E-state index is -0.659. The highest BCUT2D eigenvalue weighted by atomic mass is 35.5. The van der Waals surface area contributed by atoms with Gasteiger partial charge < -0.3 is 5.32 Å². The molecule has 2 fully saturated rings. The molecule has 2 heterocycles. The van der Waals surface area contributed by atoms with Crippen LogP contribution in [0.15, 0.2) is 42.7 Å². The maximum absolute atomic E-state index is 13.0. The van der Waals surface area contributed by atoms with E-state index in [1.807, 2.05) is 24.3 Å². The van der Waals surface area contributed by atoms with E-state index in [9.17, 15) is 9.59 Å². The van der Waals surface area contributed by atoms with Crippen molar-refractivity contribution in [1.29, 1.82) is 0 Å². The number of halogens is 1. The molecule has 1 spiro atoms. The van der Waals surface area contributed by atoms with E-state index in [1.54, 1.807) is 23.9 Å². The minimum Gasteiger partial charge on any atom is -0.305 e. The average Bonchev–Trinajstić information content (AvgIpc) is 3.21. The van der Waals surface area contributed by atoms with Gasteiger partial charge in [-0.1, -0.05) is 23.7 Å². The zero-order valence-corrected chi connectivity index (χ0v) is 14.9. The molecule has 1 aliphatic carbocycles. The lowest BCUT2D eigenvalue weighted by molar-refractivity contribution is -0.135. The molecule has 0 bridgehead atoms. The van der Waals surface area contributed by atoms with Crippen LogP contribution in [0.3, 0.4) is 0 Å². The highest BCUT2D eigenvalue weighted by Gasteiger charge is 2.52. The number of benzene rings is 1. The molecule has 2 aliphatic rings. The fourth-order valence-corrected chi connectivity index (χ4v) is 3.99. The van der Waals surface area contributed by atoms with Crippen molar-refractivity contribution in [2.45, 2.75) is 25.3 Å². The van der Waals surface area contributed by atoms with Crippen LogP contribution >= 0.6 is 11.6 Å². The van der Waals surface area contributed by atoms with Gasteiger partial charge in [-0.15, -0.1) is 0 Å². The van der Waals surface area contributed by atoms with Gasteiger partial charge >= 0.3 is 0 Å². The van der Waals surface area contributed by atoms with Crippen LogP contribution in [0.25, 0.3) is 11.1 Å². The molecule has 6 nitrogen and oxygen atoms in total. The Kier molecular flexibility index (Phi) is 4.34. The summed E-state index contributed by atoms with van der Waals surface area (Å²) in [5, 5.41) is 12.9. The smallest absolute Gasteiger partial charge is 0.248 e. The van der Waals surface area contributed by atoms with Crippen LogP contribution in [0, 0.1) is 11.3 Å². The molecule has 1 aromatic carbocycles. The van der Waals surface area contributed by atoms with Crippen molar-refractivity contribution >= 4 is 23.4 Å². The normalized spacial score (nSPS) is 23.6. The number of nitrogens with one attached hydrogen (secondary N) is 2. The Bertz CT molecular complexity index is 859. The molecule has 1 amide bonds. The van der Waals surface area contributed by atoms with E-state index in [2.05, 4.69) is 5.32 Å². The average molecular weight is 374 g/mol. The van der Waals surface area contributed by atoms with Crippen molar-refractivity contribution < 1.29 is 14.8 Å². The van der Waals surface area contributed by atoms with E-state index in [1.165, 1.54) is 4.57 Å². The third-order valence-corrected chi connectivity index (χ3v) is 5.76. The maximum Gasteiger partial charge on any atom is 0.248 e. The molecule has 136 valence electrons. The summed E-state index contributed by atoms with van der Waals surface area (Å²) in [6.45, 7) is 0.723. The van der Waals surface area contributed by atoms with Crippen molar-refractivity contribution in [2.24, 2.45) is 11.3 Å². The van der Waals surface area contributed by atoms with Crippen molar-refractivity contribution in [3.63, 3.8) is 0 Å². The zero-order chi connectivity index (χ0) is 18.3. The highest BCUT2D eigenvalue weighted by molar-refractivity contribution is 6.30. The lowest BCUT2D eigenvalue weighted by Crippen LogP contribution is -2.56. The second kappa shape index (κ2) is 6.54. The monoisotopic (exact) mass is 373 g/mol.